The zero-order chi connectivity index (χ0) is 21.6. The average molecular weight is 428 g/mol. The van der Waals surface area contributed by atoms with E-state index in [0.717, 1.165) is 52.1 Å². The van der Waals surface area contributed by atoms with Crippen molar-refractivity contribution in [3.8, 4) is 28.4 Å². The third kappa shape index (κ3) is 3.16. The number of carbonyl (C=O) groups is 1. The van der Waals surface area contributed by atoms with E-state index in [4.69, 9.17) is 24.9 Å². The molecule has 0 saturated heterocycles. The Morgan fingerprint density at radius 2 is 1.83 bits per heavy atom. The molecule has 4 rings (SSSR count). The number of thiophene rings is 1. The van der Waals surface area contributed by atoms with Gasteiger partial charge < -0.3 is 24.8 Å². The van der Waals surface area contributed by atoms with Crippen molar-refractivity contribution >= 4 is 33.0 Å². The molecule has 0 fully saturated rings. The summed E-state index contributed by atoms with van der Waals surface area (Å²) in [5.74, 6) is 1.61. The summed E-state index contributed by atoms with van der Waals surface area (Å²) in [6.45, 7) is 3.21. The van der Waals surface area contributed by atoms with Crippen LogP contribution in [0, 0.1) is 0 Å². The normalized spacial score (nSPS) is 13.9. The van der Waals surface area contributed by atoms with Crippen LogP contribution in [0.3, 0.4) is 0 Å². The van der Waals surface area contributed by atoms with Crippen molar-refractivity contribution in [3.63, 3.8) is 0 Å². The number of methoxy groups -OCH3 is 3. The number of aromatic nitrogens is 1. The summed E-state index contributed by atoms with van der Waals surface area (Å²) in [7, 11) is 6.86. The number of nitrogen functional groups attached to an aromatic ring is 1. The van der Waals surface area contributed by atoms with Crippen LogP contribution in [0.1, 0.15) is 27.9 Å². The number of fused-ring (bicyclic) bond motifs is 2. The first-order chi connectivity index (χ1) is 14.4. The third-order valence-electron chi connectivity index (χ3n) is 5.49. The van der Waals surface area contributed by atoms with Gasteiger partial charge in [0.2, 0.25) is 5.75 Å². The molecule has 0 unspecified atom stereocenters. The minimum absolute atomic E-state index is 0.0542. The van der Waals surface area contributed by atoms with Crippen molar-refractivity contribution in [2.75, 3.05) is 40.7 Å². The van der Waals surface area contributed by atoms with Gasteiger partial charge in [-0.15, -0.1) is 11.3 Å². The molecule has 30 heavy (non-hydrogen) atoms. The van der Waals surface area contributed by atoms with Gasteiger partial charge in [-0.25, -0.2) is 4.98 Å². The van der Waals surface area contributed by atoms with Crippen molar-refractivity contribution < 1.29 is 19.0 Å². The molecule has 0 atom stereocenters. The standard InChI is InChI=1S/C22H25N3O4S/c1-11(26)21-19(23)18-17(12-8-15(27-3)20(29-5)16(9-12)28-4)13-10-25(2)7-6-14(13)24-22(18)30-21/h8-9H,6-7,10,23H2,1-5H3. The van der Waals surface area contributed by atoms with Crippen molar-refractivity contribution in [1.29, 1.82) is 0 Å². The van der Waals surface area contributed by atoms with E-state index in [1.807, 2.05) is 12.1 Å². The Kier molecular flexibility index (Phi) is 5.29. The number of Topliss-reactive ketones (excluding diaryl/α,β-unsaturated/α-hetero) is 1. The van der Waals surface area contributed by atoms with Gasteiger partial charge >= 0.3 is 0 Å². The molecule has 2 N–H and O–H groups in total. The van der Waals surface area contributed by atoms with Gasteiger partial charge in [0.1, 0.15) is 4.83 Å². The molecule has 7 nitrogen and oxygen atoms in total. The van der Waals surface area contributed by atoms with E-state index in [0.29, 0.717) is 27.8 Å². The molecule has 0 radical (unpaired) electrons. The first kappa shape index (κ1) is 20.4. The maximum atomic E-state index is 12.2. The molecule has 8 heteroatoms. The van der Waals surface area contributed by atoms with Gasteiger partial charge in [-0.1, -0.05) is 0 Å². The summed E-state index contributed by atoms with van der Waals surface area (Å²) in [6, 6.07) is 3.85. The van der Waals surface area contributed by atoms with Gasteiger partial charge in [-0.2, -0.15) is 0 Å². The lowest BCUT2D eigenvalue weighted by molar-refractivity contribution is 0.102. The van der Waals surface area contributed by atoms with Crippen molar-refractivity contribution in [2.24, 2.45) is 0 Å². The molecule has 0 amide bonds. The number of benzene rings is 1. The van der Waals surface area contributed by atoms with E-state index in [1.54, 1.807) is 21.3 Å². The van der Waals surface area contributed by atoms with Gasteiger partial charge in [0.15, 0.2) is 17.3 Å². The average Bonchev–Trinajstić information content (AvgIpc) is 3.07. The fraction of sp³-hybridized carbons (Fsp3) is 0.364. The highest BCUT2D eigenvalue weighted by Gasteiger charge is 2.27. The molecule has 1 aromatic carbocycles. The Hall–Kier alpha value is -2.84. The van der Waals surface area contributed by atoms with Crippen LogP contribution in [-0.2, 0) is 13.0 Å². The van der Waals surface area contributed by atoms with Crippen LogP contribution in [0.4, 0.5) is 5.69 Å². The summed E-state index contributed by atoms with van der Waals surface area (Å²) in [6.07, 6.45) is 0.840. The lowest BCUT2D eigenvalue weighted by Gasteiger charge is -2.27. The summed E-state index contributed by atoms with van der Waals surface area (Å²) >= 11 is 1.36. The van der Waals surface area contributed by atoms with E-state index in [-0.39, 0.29) is 5.78 Å². The predicted molar refractivity (Wildman–Crippen MR) is 119 cm³/mol. The number of carbonyl (C=O) groups excluding carboxylic acids is 1. The number of ether oxygens (including phenoxy) is 3. The number of anilines is 1. The molecule has 0 saturated carbocycles. The number of likely N-dealkylation sites (N-methyl/N-ethyl adjacent to an activating group) is 1. The second kappa shape index (κ2) is 7.77. The Balaban J connectivity index is 2.11. The highest BCUT2D eigenvalue weighted by atomic mass is 32.1. The molecule has 3 aromatic rings. The third-order valence-corrected chi connectivity index (χ3v) is 6.69. The minimum atomic E-state index is -0.0542. The summed E-state index contributed by atoms with van der Waals surface area (Å²) in [5, 5.41) is 0.813. The topological polar surface area (TPSA) is 86.9 Å². The molecule has 0 spiro atoms. The number of nitrogens with zero attached hydrogens (tertiary/aromatic N) is 2. The molecule has 2 aromatic heterocycles. The monoisotopic (exact) mass is 427 g/mol. The van der Waals surface area contributed by atoms with Gasteiger partial charge in [0.25, 0.3) is 0 Å². The predicted octanol–water partition coefficient (Wildman–Crippen LogP) is 3.76. The first-order valence-corrected chi connectivity index (χ1v) is 10.4. The maximum absolute atomic E-state index is 12.2. The first-order valence-electron chi connectivity index (χ1n) is 9.63. The summed E-state index contributed by atoms with van der Waals surface area (Å²) in [4.78, 5) is 20.7. The fourth-order valence-corrected chi connectivity index (χ4v) is 5.08. The van der Waals surface area contributed by atoms with E-state index in [9.17, 15) is 4.79 Å². The molecule has 0 bridgehead atoms. The second-order valence-electron chi connectivity index (χ2n) is 7.40. The highest BCUT2D eigenvalue weighted by molar-refractivity contribution is 7.21. The Labute approximate surface area is 179 Å². The smallest absolute Gasteiger partial charge is 0.203 e. The van der Waals surface area contributed by atoms with Gasteiger partial charge in [0.05, 0.1) is 31.9 Å². The van der Waals surface area contributed by atoms with Crippen LogP contribution >= 0.6 is 11.3 Å². The summed E-state index contributed by atoms with van der Waals surface area (Å²) < 4.78 is 16.6. The van der Waals surface area contributed by atoms with Crippen LogP contribution in [0.25, 0.3) is 21.3 Å². The zero-order valence-corrected chi connectivity index (χ0v) is 18.6. The van der Waals surface area contributed by atoms with E-state index in [2.05, 4.69) is 11.9 Å². The van der Waals surface area contributed by atoms with Gasteiger partial charge in [-0.3, -0.25) is 4.79 Å². The molecular weight excluding hydrogens is 402 g/mol. The van der Waals surface area contributed by atoms with E-state index < -0.39 is 0 Å². The lowest BCUT2D eigenvalue weighted by atomic mass is 9.91. The quantitative estimate of drug-likeness (QED) is 0.620. The van der Waals surface area contributed by atoms with Crippen molar-refractivity contribution in [3.05, 3.63) is 28.3 Å². The molecular formula is C22H25N3O4S. The van der Waals surface area contributed by atoms with Crippen LogP contribution in [0.2, 0.25) is 0 Å². The number of rotatable bonds is 5. The van der Waals surface area contributed by atoms with E-state index >= 15 is 0 Å². The molecule has 0 aliphatic carbocycles. The molecule has 1 aliphatic rings. The summed E-state index contributed by atoms with van der Waals surface area (Å²) in [5.41, 5.74) is 11.0. The van der Waals surface area contributed by atoms with Crippen molar-refractivity contribution in [2.45, 2.75) is 19.9 Å². The van der Waals surface area contributed by atoms with Crippen LogP contribution in [0.15, 0.2) is 12.1 Å². The highest BCUT2D eigenvalue weighted by Crippen LogP contribution is 2.47. The SMILES string of the molecule is COc1cc(-c2c3c(nc4sc(C(C)=O)c(N)c24)CCN(C)C3)cc(OC)c1OC. The molecule has 158 valence electrons. The van der Waals surface area contributed by atoms with Crippen LogP contribution in [-0.4, -0.2) is 50.6 Å². The lowest BCUT2D eigenvalue weighted by Crippen LogP contribution is -2.28. The number of nitrogens with two attached hydrogens (primary N) is 1. The van der Waals surface area contributed by atoms with Gasteiger partial charge in [-0.05, 0) is 30.3 Å². The largest absolute Gasteiger partial charge is 0.493 e. The van der Waals surface area contributed by atoms with Crippen LogP contribution < -0.4 is 19.9 Å². The van der Waals surface area contributed by atoms with Crippen molar-refractivity contribution in [1.82, 2.24) is 9.88 Å². The number of ketones is 1. The Morgan fingerprint density at radius 1 is 1.17 bits per heavy atom. The molecule has 3 heterocycles. The zero-order valence-electron chi connectivity index (χ0n) is 17.8. The number of pyridine rings is 1. The van der Waals surface area contributed by atoms with Crippen LogP contribution in [0.5, 0.6) is 17.2 Å². The number of hydrogen-bond acceptors (Lipinski definition) is 8. The number of hydrogen-bond donors (Lipinski definition) is 1. The van der Waals surface area contributed by atoms with Gasteiger partial charge in [0, 0.05) is 43.1 Å². The Morgan fingerprint density at radius 3 is 2.40 bits per heavy atom. The Bertz CT molecular complexity index is 1130. The maximum Gasteiger partial charge on any atom is 0.203 e. The fourth-order valence-electron chi connectivity index (χ4n) is 4.07. The molecule has 1 aliphatic heterocycles. The minimum Gasteiger partial charge on any atom is -0.493 e. The second-order valence-corrected chi connectivity index (χ2v) is 8.39. The van der Waals surface area contributed by atoms with E-state index in [1.165, 1.54) is 18.3 Å².